The van der Waals surface area contributed by atoms with Gasteiger partial charge < -0.3 is 15.4 Å². The third-order valence-corrected chi connectivity index (χ3v) is 3.66. The number of hydrogen-bond acceptors (Lipinski definition) is 2. The van der Waals surface area contributed by atoms with Gasteiger partial charge in [-0.15, -0.1) is 0 Å². The number of nitrogens with zero attached hydrogens (tertiary/aromatic N) is 1. The lowest BCUT2D eigenvalue weighted by molar-refractivity contribution is 0.203. The van der Waals surface area contributed by atoms with Gasteiger partial charge in [0.25, 0.3) is 0 Å². The molecule has 2 rings (SSSR count). The van der Waals surface area contributed by atoms with Gasteiger partial charge in [0, 0.05) is 32.7 Å². The number of methoxy groups -OCH3 is 1. The third kappa shape index (κ3) is 3.70. The van der Waals surface area contributed by atoms with E-state index >= 15 is 0 Å². The number of benzene rings is 1. The van der Waals surface area contributed by atoms with Crippen LogP contribution in [0.15, 0.2) is 35.3 Å². The van der Waals surface area contributed by atoms with Gasteiger partial charge in [-0.2, -0.15) is 0 Å². The first-order valence-electron chi connectivity index (χ1n) is 6.80. The van der Waals surface area contributed by atoms with E-state index in [0.29, 0.717) is 12.0 Å². The fraction of sp³-hybridized carbons (Fsp3) is 0.533. The smallest absolute Gasteiger partial charge is 0.191 e. The molecule has 0 bridgehead atoms. The summed E-state index contributed by atoms with van der Waals surface area (Å²) >= 11 is 0. The lowest BCUT2D eigenvalue weighted by Crippen LogP contribution is -2.42. The van der Waals surface area contributed by atoms with Crippen molar-refractivity contribution in [1.82, 2.24) is 10.6 Å². The van der Waals surface area contributed by atoms with Crippen LogP contribution in [0.2, 0.25) is 0 Å². The summed E-state index contributed by atoms with van der Waals surface area (Å²) < 4.78 is 5.02. The zero-order valence-electron chi connectivity index (χ0n) is 11.8. The van der Waals surface area contributed by atoms with E-state index in [9.17, 15) is 0 Å². The Bertz CT molecular complexity index is 413. The van der Waals surface area contributed by atoms with Crippen LogP contribution >= 0.6 is 0 Å². The molecule has 19 heavy (non-hydrogen) atoms. The molecule has 0 aromatic heterocycles. The van der Waals surface area contributed by atoms with E-state index in [1.807, 2.05) is 0 Å². The summed E-state index contributed by atoms with van der Waals surface area (Å²) in [5.41, 5.74) is 1.73. The van der Waals surface area contributed by atoms with Crippen LogP contribution in [-0.2, 0) is 10.2 Å². The van der Waals surface area contributed by atoms with Crippen LogP contribution in [0.1, 0.15) is 18.4 Å². The lowest BCUT2D eigenvalue weighted by Gasteiger charge is -2.19. The van der Waals surface area contributed by atoms with E-state index in [0.717, 1.165) is 19.0 Å². The van der Waals surface area contributed by atoms with Gasteiger partial charge >= 0.3 is 0 Å². The fourth-order valence-electron chi connectivity index (χ4n) is 2.26. The number of ether oxygens (including phenoxy) is 1. The summed E-state index contributed by atoms with van der Waals surface area (Å²) in [7, 11) is 3.50. The Morgan fingerprint density at radius 3 is 2.58 bits per heavy atom. The van der Waals surface area contributed by atoms with Crippen LogP contribution < -0.4 is 10.6 Å². The van der Waals surface area contributed by atoms with E-state index in [-0.39, 0.29) is 0 Å². The molecule has 1 fully saturated rings. The lowest BCUT2D eigenvalue weighted by atomic mass is 9.96. The molecule has 104 valence electrons. The summed E-state index contributed by atoms with van der Waals surface area (Å²) in [4.78, 5) is 4.22. The van der Waals surface area contributed by atoms with Crippen molar-refractivity contribution < 1.29 is 4.74 Å². The van der Waals surface area contributed by atoms with Gasteiger partial charge in [-0.3, -0.25) is 4.99 Å². The molecule has 0 radical (unpaired) electrons. The van der Waals surface area contributed by atoms with Gasteiger partial charge in [0.1, 0.15) is 0 Å². The Morgan fingerprint density at radius 1 is 1.26 bits per heavy atom. The minimum atomic E-state index is 0.306. The summed E-state index contributed by atoms with van der Waals surface area (Å²) in [6, 6.07) is 10.7. The Balaban J connectivity index is 1.84. The zero-order chi connectivity index (χ0) is 13.6. The van der Waals surface area contributed by atoms with Gasteiger partial charge in [-0.1, -0.05) is 30.3 Å². The largest absolute Gasteiger partial charge is 0.383 e. The molecule has 0 saturated heterocycles. The normalized spacial score (nSPS) is 17.1. The molecule has 1 aliphatic rings. The van der Waals surface area contributed by atoms with Crippen molar-refractivity contribution in [3.05, 3.63) is 35.9 Å². The molecule has 0 spiro atoms. The van der Waals surface area contributed by atoms with Crippen molar-refractivity contribution in [2.45, 2.75) is 18.3 Å². The maximum Gasteiger partial charge on any atom is 0.191 e. The predicted molar refractivity (Wildman–Crippen MR) is 78.6 cm³/mol. The van der Waals surface area contributed by atoms with E-state index in [2.05, 4.69) is 46.0 Å². The topological polar surface area (TPSA) is 45.7 Å². The first-order valence-corrected chi connectivity index (χ1v) is 6.80. The zero-order valence-corrected chi connectivity index (χ0v) is 11.8. The van der Waals surface area contributed by atoms with Gasteiger partial charge in [0.05, 0.1) is 6.61 Å². The van der Waals surface area contributed by atoms with Crippen LogP contribution in [0.5, 0.6) is 0 Å². The van der Waals surface area contributed by atoms with Gasteiger partial charge in [0.15, 0.2) is 5.96 Å². The molecule has 0 unspecified atom stereocenters. The molecule has 1 aromatic rings. The second-order valence-corrected chi connectivity index (χ2v) is 4.99. The molecular formula is C15H23N3O. The Kier molecular flexibility index (Phi) is 4.80. The van der Waals surface area contributed by atoms with E-state index < -0.39 is 0 Å². The predicted octanol–water partition coefficient (Wildman–Crippen LogP) is 1.53. The average molecular weight is 261 g/mol. The van der Waals surface area contributed by atoms with Gasteiger partial charge in [-0.05, 0) is 18.4 Å². The van der Waals surface area contributed by atoms with Gasteiger partial charge in [0.2, 0.25) is 0 Å². The van der Waals surface area contributed by atoms with Crippen LogP contribution in [0, 0.1) is 0 Å². The van der Waals surface area contributed by atoms with Crippen LogP contribution in [0.4, 0.5) is 0 Å². The van der Waals surface area contributed by atoms with Crippen molar-refractivity contribution >= 4 is 5.96 Å². The monoisotopic (exact) mass is 261 g/mol. The third-order valence-electron chi connectivity index (χ3n) is 3.66. The van der Waals surface area contributed by atoms with Crippen molar-refractivity contribution in [1.29, 1.82) is 0 Å². The molecular weight excluding hydrogens is 238 g/mol. The number of hydrogen-bond donors (Lipinski definition) is 2. The molecule has 0 aliphatic heterocycles. The second-order valence-electron chi connectivity index (χ2n) is 4.99. The minimum absolute atomic E-state index is 0.306. The van der Waals surface area contributed by atoms with Crippen molar-refractivity contribution in [3.8, 4) is 0 Å². The van der Waals surface area contributed by atoms with Gasteiger partial charge in [-0.25, -0.2) is 0 Å². The molecule has 4 heteroatoms. The molecule has 0 heterocycles. The summed E-state index contributed by atoms with van der Waals surface area (Å²) in [5.74, 6) is 0.847. The fourth-order valence-corrected chi connectivity index (χ4v) is 2.26. The first kappa shape index (κ1) is 13.9. The number of rotatable bonds is 6. The van der Waals surface area contributed by atoms with Crippen molar-refractivity contribution in [3.63, 3.8) is 0 Å². The molecule has 1 saturated carbocycles. The first-order chi connectivity index (χ1) is 9.30. The van der Waals surface area contributed by atoms with Crippen LogP contribution in [0.25, 0.3) is 0 Å². The van der Waals surface area contributed by atoms with Crippen LogP contribution in [-0.4, -0.2) is 39.8 Å². The summed E-state index contributed by atoms with van der Waals surface area (Å²) in [6.45, 7) is 2.39. The maximum absolute atomic E-state index is 5.02. The Morgan fingerprint density at radius 2 is 2.00 bits per heavy atom. The minimum Gasteiger partial charge on any atom is -0.383 e. The SMILES string of the molecule is CN=C(NCCOC)NCC1(c2ccccc2)CC1. The van der Waals surface area contributed by atoms with E-state index in [4.69, 9.17) is 4.74 Å². The second kappa shape index (κ2) is 6.57. The average Bonchev–Trinajstić information content (AvgIpc) is 3.25. The van der Waals surface area contributed by atoms with Crippen LogP contribution in [0.3, 0.4) is 0 Å². The molecule has 0 atom stereocenters. The highest BCUT2D eigenvalue weighted by molar-refractivity contribution is 5.79. The highest BCUT2D eigenvalue weighted by Crippen LogP contribution is 2.47. The summed E-state index contributed by atoms with van der Waals surface area (Å²) in [5, 5.41) is 6.65. The number of guanidine groups is 1. The Hall–Kier alpha value is -1.55. The summed E-state index contributed by atoms with van der Waals surface area (Å²) in [6.07, 6.45) is 2.50. The number of nitrogens with one attached hydrogen (secondary N) is 2. The highest BCUT2D eigenvalue weighted by atomic mass is 16.5. The maximum atomic E-state index is 5.02. The van der Waals surface area contributed by atoms with Crippen molar-refractivity contribution in [2.24, 2.45) is 4.99 Å². The standard InChI is InChI=1S/C15H23N3O/c1-16-14(17-10-11-19-2)18-12-15(8-9-15)13-6-4-3-5-7-13/h3-7H,8-12H2,1-2H3,(H2,16,17,18). The quantitative estimate of drug-likeness (QED) is 0.464. The van der Waals surface area contributed by atoms with E-state index in [1.54, 1.807) is 14.2 Å². The molecule has 2 N–H and O–H groups in total. The Labute approximate surface area is 115 Å². The number of aliphatic imine (C=N–C) groups is 1. The molecule has 1 aromatic carbocycles. The molecule has 0 amide bonds. The highest BCUT2D eigenvalue weighted by Gasteiger charge is 2.43. The molecule has 1 aliphatic carbocycles. The van der Waals surface area contributed by atoms with Crippen molar-refractivity contribution in [2.75, 3.05) is 33.9 Å². The molecule has 4 nitrogen and oxygen atoms in total. The van der Waals surface area contributed by atoms with E-state index in [1.165, 1.54) is 18.4 Å².